The first-order valence-corrected chi connectivity index (χ1v) is 14.4. The first-order valence-electron chi connectivity index (χ1n) is 14.4. The molecule has 218 valence electrons. The number of nitrogens with two attached hydrogens (primary N) is 1. The lowest BCUT2D eigenvalue weighted by Crippen LogP contribution is -2.59. The maximum Gasteiger partial charge on any atom is 0.167 e. The molecule has 3 aliphatic rings. The molecule has 1 saturated carbocycles. The Morgan fingerprint density at radius 2 is 1.98 bits per heavy atom. The fourth-order valence-electron chi connectivity index (χ4n) is 6.67. The van der Waals surface area contributed by atoms with E-state index in [0.29, 0.717) is 41.9 Å². The normalized spacial score (nSPS) is 31.4. The Labute approximate surface area is 237 Å². The first-order chi connectivity index (χ1) is 19.6. The van der Waals surface area contributed by atoms with Gasteiger partial charge in [-0.2, -0.15) is 0 Å². The van der Waals surface area contributed by atoms with Gasteiger partial charge in [0.1, 0.15) is 48.3 Å². The zero-order valence-corrected chi connectivity index (χ0v) is 23.8. The second-order valence-electron chi connectivity index (χ2n) is 12.9. The van der Waals surface area contributed by atoms with Gasteiger partial charge in [-0.1, -0.05) is 26.8 Å². The number of aromatic nitrogens is 6. The molecule has 4 aromatic rings. The number of aromatic amines is 1. The number of fused-ring (bicyclic) bond motifs is 3. The van der Waals surface area contributed by atoms with E-state index in [1.807, 2.05) is 6.92 Å². The van der Waals surface area contributed by atoms with E-state index in [4.69, 9.17) is 20.2 Å². The Hall–Kier alpha value is -3.16. The van der Waals surface area contributed by atoms with Crippen LogP contribution in [-0.4, -0.2) is 81.7 Å². The molecule has 7 rings (SSSR count). The Bertz CT molecular complexity index is 1570. The average molecular weight is 563 g/mol. The summed E-state index contributed by atoms with van der Waals surface area (Å²) >= 11 is 0. The molecule has 6 atom stereocenters. The average Bonchev–Trinajstić information content (AvgIpc) is 3.61. The van der Waals surface area contributed by atoms with Crippen LogP contribution in [0, 0.1) is 5.92 Å². The molecule has 1 aliphatic carbocycles. The predicted octanol–water partition coefficient (Wildman–Crippen LogP) is 2.79. The van der Waals surface area contributed by atoms with Crippen molar-refractivity contribution in [1.82, 2.24) is 34.4 Å². The molecule has 12 heteroatoms. The summed E-state index contributed by atoms with van der Waals surface area (Å²) in [6.45, 7) is 9.24. The predicted molar refractivity (Wildman–Crippen MR) is 152 cm³/mol. The summed E-state index contributed by atoms with van der Waals surface area (Å²) in [5, 5.41) is 22.1. The number of ether oxygens (including phenoxy) is 2. The molecule has 2 unspecified atom stereocenters. The zero-order valence-electron chi connectivity index (χ0n) is 23.8. The molecule has 5 heterocycles. The number of anilines is 1. The molecule has 3 aromatic heterocycles. The van der Waals surface area contributed by atoms with Crippen LogP contribution in [-0.2, 0) is 14.9 Å². The number of aliphatic hydroxyl groups is 2. The number of hydrogen-bond acceptors (Lipinski definition) is 10. The summed E-state index contributed by atoms with van der Waals surface area (Å²) in [6, 6.07) is 6.61. The smallest absolute Gasteiger partial charge is 0.167 e. The maximum absolute atomic E-state index is 11.1. The minimum atomic E-state index is -0.870. The molecule has 0 bridgehead atoms. The summed E-state index contributed by atoms with van der Waals surface area (Å²) in [5.74, 6) is 1.31. The highest BCUT2D eigenvalue weighted by Crippen LogP contribution is 2.43. The van der Waals surface area contributed by atoms with Crippen LogP contribution >= 0.6 is 0 Å². The van der Waals surface area contributed by atoms with E-state index >= 15 is 0 Å². The van der Waals surface area contributed by atoms with Crippen molar-refractivity contribution in [2.24, 2.45) is 5.92 Å². The molecule has 41 heavy (non-hydrogen) atoms. The molecule has 2 saturated heterocycles. The van der Waals surface area contributed by atoms with Crippen molar-refractivity contribution in [3.8, 4) is 0 Å². The van der Waals surface area contributed by atoms with Crippen LogP contribution in [0.4, 0.5) is 5.82 Å². The topological polar surface area (TPSA) is 160 Å². The van der Waals surface area contributed by atoms with Gasteiger partial charge in [0.15, 0.2) is 17.7 Å². The molecule has 5 N–H and O–H groups in total. The summed E-state index contributed by atoms with van der Waals surface area (Å²) in [7, 11) is 0. The monoisotopic (exact) mass is 562 g/mol. The Morgan fingerprint density at radius 1 is 1.17 bits per heavy atom. The van der Waals surface area contributed by atoms with Crippen LogP contribution < -0.4 is 5.73 Å². The van der Waals surface area contributed by atoms with Gasteiger partial charge in [-0.25, -0.2) is 19.9 Å². The largest absolute Gasteiger partial charge is 0.386 e. The van der Waals surface area contributed by atoms with Crippen LogP contribution in [0.5, 0.6) is 0 Å². The molecule has 3 fully saturated rings. The maximum atomic E-state index is 11.1. The lowest BCUT2D eigenvalue weighted by molar-refractivity contribution is -0.200. The van der Waals surface area contributed by atoms with Gasteiger partial charge >= 0.3 is 0 Å². The van der Waals surface area contributed by atoms with E-state index in [1.54, 1.807) is 10.9 Å². The summed E-state index contributed by atoms with van der Waals surface area (Å²) in [4.78, 5) is 23.0. The lowest BCUT2D eigenvalue weighted by atomic mass is 9.75. The Kier molecular flexibility index (Phi) is 6.32. The van der Waals surface area contributed by atoms with Crippen LogP contribution in [0.15, 0.2) is 30.9 Å². The summed E-state index contributed by atoms with van der Waals surface area (Å²) in [6.07, 6.45) is 2.46. The van der Waals surface area contributed by atoms with E-state index in [2.05, 4.69) is 63.8 Å². The highest BCUT2D eigenvalue weighted by Gasteiger charge is 2.52. The van der Waals surface area contributed by atoms with Gasteiger partial charge in [0.25, 0.3) is 0 Å². The van der Waals surface area contributed by atoms with Crippen molar-refractivity contribution in [2.45, 2.75) is 95.3 Å². The van der Waals surface area contributed by atoms with Gasteiger partial charge in [0.05, 0.1) is 17.4 Å². The highest BCUT2D eigenvalue weighted by atomic mass is 16.6. The lowest BCUT2D eigenvalue weighted by Gasteiger charge is -2.49. The van der Waals surface area contributed by atoms with Crippen molar-refractivity contribution in [3.63, 3.8) is 0 Å². The van der Waals surface area contributed by atoms with Crippen molar-refractivity contribution in [3.05, 3.63) is 42.2 Å². The van der Waals surface area contributed by atoms with E-state index in [1.165, 1.54) is 11.9 Å². The zero-order chi connectivity index (χ0) is 28.6. The number of imidazole rings is 2. The molecule has 0 amide bonds. The number of nitrogen functional groups attached to an aromatic ring is 1. The highest BCUT2D eigenvalue weighted by molar-refractivity contribution is 5.81. The van der Waals surface area contributed by atoms with E-state index in [0.717, 1.165) is 23.9 Å². The fourth-order valence-corrected chi connectivity index (χ4v) is 6.67. The van der Waals surface area contributed by atoms with Gasteiger partial charge in [-0.05, 0) is 55.2 Å². The first kappa shape index (κ1) is 26.7. The Balaban J connectivity index is 0.977. The van der Waals surface area contributed by atoms with Gasteiger partial charge in [0, 0.05) is 12.6 Å². The third kappa shape index (κ3) is 4.58. The van der Waals surface area contributed by atoms with E-state index in [-0.39, 0.29) is 23.6 Å². The summed E-state index contributed by atoms with van der Waals surface area (Å²) < 4.78 is 14.3. The van der Waals surface area contributed by atoms with Crippen LogP contribution in [0.1, 0.15) is 70.7 Å². The second-order valence-corrected chi connectivity index (χ2v) is 12.9. The third-order valence-corrected chi connectivity index (χ3v) is 9.10. The van der Waals surface area contributed by atoms with Gasteiger partial charge in [-0.3, -0.25) is 9.47 Å². The number of nitrogens with one attached hydrogen (secondary N) is 1. The van der Waals surface area contributed by atoms with Gasteiger partial charge < -0.3 is 30.4 Å². The standard InChI is InChI=1S/C29H38N8O4/c1-14-36(11-21-24(40-14)23(39)28(41-21)37-13-33-22-25(30)31-12-32-27(22)37)17-7-15(8-17)9-20(38)26-34-18-6-5-16(29(2,3)4)10-19(18)35-26/h5-6,10,12-15,17,20-21,23-24,28,38-39H,7-9,11H2,1-4H3,(H,34,35)(H2,30,31,32)/t14?,15-,17-,20?,21-,23-,24-,28-/m1/s1. The van der Waals surface area contributed by atoms with Gasteiger partial charge in [0.2, 0.25) is 0 Å². The number of aliphatic hydroxyl groups excluding tert-OH is 2. The third-order valence-electron chi connectivity index (χ3n) is 9.10. The number of H-pyrrole nitrogens is 1. The number of benzene rings is 1. The fraction of sp³-hybridized carbons (Fsp3) is 0.586. The molecular formula is C29H38N8O4. The quantitative estimate of drug-likeness (QED) is 0.285. The van der Waals surface area contributed by atoms with Crippen molar-refractivity contribution in [1.29, 1.82) is 0 Å². The number of hydrogen-bond donors (Lipinski definition) is 4. The molecule has 0 spiro atoms. The molecule has 12 nitrogen and oxygen atoms in total. The second kappa shape index (κ2) is 9.70. The molecule has 0 radical (unpaired) electrons. The SMILES string of the molecule is CC1O[C@H]2[C@@H](O)[C@H](n3cnc4c(N)ncnc43)O[C@@H]2CN1[C@H]1C[C@H](CC(O)c2nc3cc(C(C)(C)C)ccc3[nH]2)C1. The van der Waals surface area contributed by atoms with E-state index in [9.17, 15) is 10.2 Å². The number of nitrogens with zero attached hydrogens (tertiary/aromatic N) is 6. The van der Waals surface area contributed by atoms with Crippen LogP contribution in [0.25, 0.3) is 22.2 Å². The number of rotatable bonds is 5. The minimum Gasteiger partial charge on any atom is -0.386 e. The summed E-state index contributed by atoms with van der Waals surface area (Å²) in [5.41, 5.74) is 10.0. The van der Waals surface area contributed by atoms with E-state index < -0.39 is 24.5 Å². The Morgan fingerprint density at radius 3 is 2.76 bits per heavy atom. The molecular weight excluding hydrogens is 524 g/mol. The van der Waals surface area contributed by atoms with Gasteiger partial charge in [-0.15, -0.1) is 0 Å². The van der Waals surface area contributed by atoms with Crippen LogP contribution in [0.2, 0.25) is 0 Å². The van der Waals surface area contributed by atoms with Crippen molar-refractivity contribution >= 4 is 28.0 Å². The van der Waals surface area contributed by atoms with Crippen molar-refractivity contribution in [2.75, 3.05) is 12.3 Å². The van der Waals surface area contributed by atoms with Crippen LogP contribution in [0.3, 0.4) is 0 Å². The van der Waals surface area contributed by atoms with Crippen molar-refractivity contribution < 1.29 is 19.7 Å². The molecule has 1 aromatic carbocycles. The minimum absolute atomic E-state index is 0.0437. The molecule has 2 aliphatic heterocycles.